The fourth-order valence-corrected chi connectivity index (χ4v) is 4.83. The van der Waals surface area contributed by atoms with Crippen molar-refractivity contribution in [2.75, 3.05) is 40.6 Å². The van der Waals surface area contributed by atoms with E-state index in [2.05, 4.69) is 12.2 Å². The average molecular weight is 464 g/mol. The van der Waals surface area contributed by atoms with Gasteiger partial charge in [-0.15, -0.1) is 0 Å². The summed E-state index contributed by atoms with van der Waals surface area (Å²) in [7, 11) is 1.24. The van der Waals surface area contributed by atoms with Crippen LogP contribution in [0.3, 0.4) is 0 Å². The summed E-state index contributed by atoms with van der Waals surface area (Å²) in [5.74, 6) is -0.435. The van der Waals surface area contributed by atoms with Crippen molar-refractivity contribution in [1.82, 2.24) is 5.32 Å². The van der Waals surface area contributed by atoms with Crippen molar-refractivity contribution in [3.05, 3.63) is 0 Å². The van der Waals surface area contributed by atoms with Crippen LogP contribution in [0.2, 0.25) is 0 Å². The quantitative estimate of drug-likeness (QED) is 0.134. The molecular formula is C24H50NO5P. The number of hydrogen-bond acceptors (Lipinski definition) is 5. The molecule has 1 N–H and O–H groups in total. The smallest absolute Gasteiger partial charge is 0.330 e. The highest BCUT2D eigenvalue weighted by atomic mass is 31.2. The number of carbonyl (C=O) groups is 1. The summed E-state index contributed by atoms with van der Waals surface area (Å²) >= 11 is 0. The summed E-state index contributed by atoms with van der Waals surface area (Å²) in [4.78, 5) is 12.0. The van der Waals surface area contributed by atoms with Gasteiger partial charge in [-0.25, -0.2) is 0 Å². The Kier molecular flexibility index (Phi) is 21.1. The van der Waals surface area contributed by atoms with Crippen molar-refractivity contribution >= 4 is 13.5 Å². The van der Waals surface area contributed by atoms with Crippen LogP contribution >= 0.6 is 7.60 Å². The van der Waals surface area contributed by atoms with Crippen molar-refractivity contribution in [3.63, 3.8) is 0 Å². The van der Waals surface area contributed by atoms with E-state index < -0.39 is 7.60 Å². The number of amides is 1. The zero-order valence-corrected chi connectivity index (χ0v) is 21.7. The molecule has 0 aliphatic carbocycles. The predicted molar refractivity (Wildman–Crippen MR) is 130 cm³/mol. The molecule has 0 aliphatic heterocycles. The van der Waals surface area contributed by atoms with Gasteiger partial charge in [0.1, 0.15) is 0 Å². The molecule has 0 aromatic rings. The molecule has 0 aliphatic rings. The third kappa shape index (κ3) is 17.8. The minimum absolute atomic E-state index is 0.0975. The summed E-state index contributed by atoms with van der Waals surface area (Å²) in [6.07, 6.45) is 19.2. The zero-order valence-electron chi connectivity index (χ0n) is 20.8. The number of carbonyl (C=O) groups excluding carboxylic acids is 1. The number of nitrogens with one attached hydrogen (secondary N) is 1. The van der Waals surface area contributed by atoms with Crippen LogP contribution in [0.25, 0.3) is 0 Å². The van der Waals surface area contributed by atoms with Crippen LogP contribution < -0.4 is 5.32 Å². The first-order valence-corrected chi connectivity index (χ1v) is 14.3. The second-order valence-electron chi connectivity index (χ2n) is 8.47. The number of rotatable bonds is 23. The fraction of sp³-hybridized carbons (Fsp3) is 0.958. The van der Waals surface area contributed by atoms with E-state index in [4.69, 9.17) is 13.8 Å². The number of hydrogen-bond donors (Lipinski definition) is 1. The van der Waals surface area contributed by atoms with Crippen LogP contribution in [0.1, 0.15) is 103 Å². The molecule has 1 atom stereocenters. The van der Waals surface area contributed by atoms with Gasteiger partial charge in [-0.1, -0.05) is 90.4 Å². The minimum Gasteiger partial charge on any atom is -0.381 e. The molecule has 0 heterocycles. The van der Waals surface area contributed by atoms with Gasteiger partial charge in [-0.3, -0.25) is 9.36 Å². The van der Waals surface area contributed by atoms with Crippen LogP contribution in [-0.2, 0) is 23.1 Å². The van der Waals surface area contributed by atoms with Crippen molar-refractivity contribution in [3.8, 4) is 0 Å². The largest absolute Gasteiger partial charge is 0.381 e. The Bertz CT molecular complexity index is 453. The van der Waals surface area contributed by atoms with Crippen molar-refractivity contribution < 1.29 is 23.1 Å². The maximum atomic E-state index is 12.2. The van der Waals surface area contributed by atoms with Gasteiger partial charge in [-0.2, -0.15) is 0 Å². The third-order valence-corrected chi connectivity index (χ3v) is 7.80. The van der Waals surface area contributed by atoms with E-state index in [1.54, 1.807) is 7.05 Å². The summed E-state index contributed by atoms with van der Waals surface area (Å²) in [6.45, 7) is 3.27. The molecular weight excluding hydrogens is 413 g/mol. The molecule has 0 radical (unpaired) electrons. The van der Waals surface area contributed by atoms with E-state index in [0.29, 0.717) is 19.6 Å². The lowest BCUT2D eigenvalue weighted by atomic mass is 10.0. The van der Waals surface area contributed by atoms with Gasteiger partial charge in [0, 0.05) is 27.9 Å². The molecule has 0 unspecified atom stereocenters. The monoisotopic (exact) mass is 463 g/mol. The summed E-state index contributed by atoms with van der Waals surface area (Å²) in [5, 5.41) is 2.65. The van der Waals surface area contributed by atoms with E-state index in [1.807, 2.05) is 0 Å². The Hall–Kier alpha value is -0.420. The Morgan fingerprint density at radius 3 is 1.68 bits per heavy atom. The van der Waals surface area contributed by atoms with Gasteiger partial charge >= 0.3 is 7.60 Å². The Balaban J connectivity index is 3.63. The molecule has 7 heteroatoms. The van der Waals surface area contributed by atoms with E-state index >= 15 is 0 Å². The Morgan fingerprint density at radius 1 is 0.806 bits per heavy atom. The predicted octanol–water partition coefficient (Wildman–Crippen LogP) is 6.72. The van der Waals surface area contributed by atoms with Gasteiger partial charge in [0.2, 0.25) is 5.91 Å². The Labute approximate surface area is 192 Å². The van der Waals surface area contributed by atoms with Crippen molar-refractivity contribution in [2.24, 2.45) is 5.92 Å². The van der Waals surface area contributed by atoms with Crippen molar-refractivity contribution in [2.45, 2.75) is 103 Å². The first kappa shape index (κ1) is 30.6. The maximum Gasteiger partial charge on any atom is 0.330 e. The molecule has 1 amide bonds. The molecule has 0 saturated heterocycles. The standard InChI is InChI=1S/C24H50NO5P/c1-5-6-7-8-9-10-11-12-13-14-15-16-17-18-20-30-22-23(24(26)25-2)19-21-31(27,28-3)29-4/h23H,5-22H2,1-4H3,(H,25,26)/t23-/m1/s1. The maximum absolute atomic E-state index is 12.2. The molecule has 0 bridgehead atoms. The van der Waals surface area contributed by atoms with Crippen LogP contribution in [0.4, 0.5) is 0 Å². The van der Waals surface area contributed by atoms with E-state index in [0.717, 1.165) is 6.42 Å². The fourth-order valence-electron chi connectivity index (χ4n) is 3.69. The lowest BCUT2D eigenvalue weighted by Gasteiger charge is -2.18. The van der Waals surface area contributed by atoms with E-state index in [1.165, 1.54) is 97.7 Å². The summed E-state index contributed by atoms with van der Waals surface area (Å²) in [6, 6.07) is 0. The topological polar surface area (TPSA) is 73.9 Å². The van der Waals surface area contributed by atoms with Crippen LogP contribution in [0.5, 0.6) is 0 Å². The van der Waals surface area contributed by atoms with Crippen molar-refractivity contribution in [1.29, 1.82) is 0 Å². The average Bonchev–Trinajstić information content (AvgIpc) is 2.79. The van der Waals surface area contributed by atoms with Crippen LogP contribution in [0.15, 0.2) is 0 Å². The number of ether oxygens (including phenoxy) is 1. The highest BCUT2D eigenvalue weighted by Crippen LogP contribution is 2.47. The first-order chi connectivity index (χ1) is 15.0. The lowest BCUT2D eigenvalue weighted by molar-refractivity contribution is -0.126. The van der Waals surface area contributed by atoms with Gasteiger partial charge in [0.15, 0.2) is 0 Å². The second-order valence-corrected chi connectivity index (χ2v) is 10.9. The third-order valence-electron chi connectivity index (χ3n) is 5.89. The highest BCUT2D eigenvalue weighted by Gasteiger charge is 2.26. The Morgan fingerprint density at radius 2 is 1.26 bits per heavy atom. The van der Waals surface area contributed by atoms with Crippen LogP contribution in [-0.4, -0.2) is 46.6 Å². The molecule has 0 saturated carbocycles. The zero-order chi connectivity index (χ0) is 23.2. The molecule has 6 nitrogen and oxygen atoms in total. The molecule has 0 aromatic carbocycles. The van der Waals surface area contributed by atoms with E-state index in [-0.39, 0.29) is 18.0 Å². The summed E-state index contributed by atoms with van der Waals surface area (Å²) in [5.41, 5.74) is 0. The normalized spacial score (nSPS) is 12.8. The lowest BCUT2D eigenvalue weighted by Crippen LogP contribution is -2.31. The van der Waals surface area contributed by atoms with Gasteiger partial charge < -0.3 is 19.1 Å². The second kappa shape index (κ2) is 21.4. The molecule has 0 fully saturated rings. The molecule has 0 spiro atoms. The van der Waals surface area contributed by atoms with Crippen LogP contribution in [0, 0.1) is 5.92 Å². The minimum atomic E-state index is -3.10. The summed E-state index contributed by atoms with van der Waals surface area (Å²) < 4.78 is 27.8. The molecule has 0 rings (SSSR count). The van der Waals surface area contributed by atoms with Gasteiger partial charge in [0.05, 0.1) is 18.7 Å². The SMILES string of the molecule is CCCCCCCCCCCCCCCCOC[C@@H](CCP(=O)(OC)OC)C(=O)NC. The molecule has 31 heavy (non-hydrogen) atoms. The highest BCUT2D eigenvalue weighted by molar-refractivity contribution is 7.53. The van der Waals surface area contributed by atoms with E-state index in [9.17, 15) is 9.36 Å². The molecule has 0 aromatic heterocycles. The van der Waals surface area contributed by atoms with Gasteiger partial charge in [-0.05, 0) is 12.8 Å². The van der Waals surface area contributed by atoms with Gasteiger partial charge in [0.25, 0.3) is 0 Å². The number of unbranched alkanes of at least 4 members (excludes halogenated alkanes) is 13. The molecule has 186 valence electrons. The first-order valence-electron chi connectivity index (χ1n) is 12.5.